The Labute approximate surface area is 263 Å². The van der Waals surface area contributed by atoms with Gasteiger partial charge in [-0.2, -0.15) is 9.94 Å². The summed E-state index contributed by atoms with van der Waals surface area (Å²) in [5.41, 5.74) is 0.628. The first-order valence-corrected chi connectivity index (χ1v) is 15.5. The average Bonchev–Trinajstić information content (AvgIpc) is 3.72. The number of nitriles is 1. The van der Waals surface area contributed by atoms with Gasteiger partial charge in [-0.25, -0.2) is 32.2 Å². The van der Waals surface area contributed by atoms with Crippen molar-refractivity contribution in [2.75, 3.05) is 10.0 Å². The van der Waals surface area contributed by atoms with E-state index in [1.807, 2.05) is 12.1 Å². The van der Waals surface area contributed by atoms with Gasteiger partial charge in [0.25, 0.3) is 10.0 Å². The normalized spacial score (nSPS) is 13.9. The van der Waals surface area contributed by atoms with E-state index in [-0.39, 0.29) is 26.3 Å². The number of halogens is 4. The SMILES string of the molecule is N#CC1(c2cccc3c2nnn3-c2ccc3ncnc(Nc4c(F)ccc(NS(=O)(=O)c5cccc(Cl)c5Cl)c4F)c3n2)CC1. The van der Waals surface area contributed by atoms with Gasteiger partial charge >= 0.3 is 0 Å². The molecule has 0 bridgehead atoms. The van der Waals surface area contributed by atoms with E-state index in [4.69, 9.17) is 23.2 Å². The van der Waals surface area contributed by atoms with Gasteiger partial charge < -0.3 is 5.32 Å². The maximum absolute atomic E-state index is 15.7. The summed E-state index contributed by atoms with van der Waals surface area (Å²) in [4.78, 5) is 12.6. The molecule has 0 unspecified atom stereocenters. The maximum atomic E-state index is 15.7. The lowest BCUT2D eigenvalue weighted by Gasteiger charge is -2.15. The van der Waals surface area contributed by atoms with Crippen LogP contribution in [0.2, 0.25) is 10.0 Å². The second kappa shape index (κ2) is 10.6. The molecule has 0 radical (unpaired) electrons. The van der Waals surface area contributed by atoms with E-state index < -0.39 is 38.4 Å². The minimum Gasteiger partial charge on any atom is -0.333 e. The Hall–Kier alpha value is -4.97. The summed E-state index contributed by atoms with van der Waals surface area (Å²) in [6, 6.07) is 16.9. The number of hydrogen-bond donors (Lipinski definition) is 2. The number of benzene rings is 3. The van der Waals surface area contributed by atoms with Crippen molar-refractivity contribution < 1.29 is 17.2 Å². The van der Waals surface area contributed by atoms with Crippen molar-refractivity contribution in [2.45, 2.75) is 23.2 Å². The lowest BCUT2D eigenvalue weighted by Crippen LogP contribution is -2.15. The zero-order valence-electron chi connectivity index (χ0n) is 22.6. The van der Waals surface area contributed by atoms with E-state index >= 15 is 8.78 Å². The lowest BCUT2D eigenvalue weighted by molar-refractivity contribution is 0.588. The molecule has 11 nitrogen and oxygen atoms in total. The van der Waals surface area contributed by atoms with Crippen molar-refractivity contribution in [3.63, 3.8) is 0 Å². The highest BCUT2D eigenvalue weighted by molar-refractivity contribution is 7.92. The van der Waals surface area contributed by atoms with Crippen LogP contribution in [-0.2, 0) is 15.4 Å². The van der Waals surface area contributed by atoms with Gasteiger partial charge in [-0.05, 0) is 55.3 Å². The molecule has 3 heterocycles. The fourth-order valence-corrected chi connectivity index (χ4v) is 6.78. The summed E-state index contributed by atoms with van der Waals surface area (Å²) in [5, 5.41) is 20.6. The smallest absolute Gasteiger partial charge is 0.263 e. The van der Waals surface area contributed by atoms with E-state index in [0.29, 0.717) is 22.4 Å². The zero-order chi connectivity index (χ0) is 31.5. The van der Waals surface area contributed by atoms with Crippen LogP contribution >= 0.6 is 23.2 Å². The van der Waals surface area contributed by atoms with E-state index in [2.05, 4.69) is 41.4 Å². The highest BCUT2D eigenvalue weighted by atomic mass is 35.5. The van der Waals surface area contributed by atoms with Gasteiger partial charge in [0.2, 0.25) is 0 Å². The third kappa shape index (κ3) is 4.85. The summed E-state index contributed by atoms with van der Waals surface area (Å²) < 4.78 is 60.3. The molecule has 0 spiro atoms. The van der Waals surface area contributed by atoms with Crippen LogP contribution in [0, 0.1) is 23.0 Å². The number of fused-ring (bicyclic) bond motifs is 2. The molecular weight excluding hydrogens is 647 g/mol. The molecule has 1 fully saturated rings. The number of aromatic nitrogens is 6. The molecule has 1 aliphatic carbocycles. The Balaban J connectivity index is 1.27. The summed E-state index contributed by atoms with van der Waals surface area (Å²) in [5.74, 6) is -2.03. The number of nitrogens with zero attached hydrogens (tertiary/aromatic N) is 7. The van der Waals surface area contributed by atoms with Gasteiger partial charge in [0.1, 0.15) is 33.8 Å². The first-order chi connectivity index (χ1) is 21.6. The number of rotatable bonds is 7. The van der Waals surface area contributed by atoms with Crippen LogP contribution in [0.1, 0.15) is 18.4 Å². The molecule has 7 rings (SSSR count). The Morgan fingerprint density at radius 1 is 0.978 bits per heavy atom. The summed E-state index contributed by atoms with van der Waals surface area (Å²) in [6.45, 7) is 0. The van der Waals surface area contributed by atoms with Crippen LogP contribution in [0.25, 0.3) is 27.9 Å². The Morgan fingerprint density at radius 3 is 2.56 bits per heavy atom. The first-order valence-electron chi connectivity index (χ1n) is 13.2. The van der Waals surface area contributed by atoms with Crippen LogP contribution < -0.4 is 10.0 Å². The second-order valence-corrected chi connectivity index (χ2v) is 12.6. The molecule has 1 saturated carbocycles. The van der Waals surface area contributed by atoms with Crippen molar-refractivity contribution in [1.82, 2.24) is 29.9 Å². The third-order valence-electron chi connectivity index (χ3n) is 7.43. The van der Waals surface area contributed by atoms with E-state index in [9.17, 15) is 13.7 Å². The maximum Gasteiger partial charge on any atom is 0.263 e. The van der Waals surface area contributed by atoms with Crippen molar-refractivity contribution in [3.05, 3.63) is 94.2 Å². The van der Waals surface area contributed by atoms with Crippen LogP contribution in [0.15, 0.2) is 71.9 Å². The number of anilines is 3. The highest BCUT2D eigenvalue weighted by Crippen LogP contribution is 2.49. The summed E-state index contributed by atoms with van der Waals surface area (Å²) >= 11 is 12.0. The molecule has 45 heavy (non-hydrogen) atoms. The van der Waals surface area contributed by atoms with Gasteiger partial charge in [-0.3, -0.25) is 4.72 Å². The van der Waals surface area contributed by atoms with Gasteiger partial charge in [0, 0.05) is 5.56 Å². The molecule has 0 aliphatic heterocycles. The molecule has 0 atom stereocenters. The fourth-order valence-electron chi connectivity index (χ4n) is 4.96. The molecule has 0 amide bonds. The Kier molecular flexibility index (Phi) is 6.77. The van der Waals surface area contributed by atoms with E-state index in [1.54, 1.807) is 18.2 Å². The highest BCUT2D eigenvalue weighted by Gasteiger charge is 2.46. The number of pyridine rings is 1. The first kappa shape index (κ1) is 28.8. The lowest BCUT2D eigenvalue weighted by atomic mass is 9.96. The molecule has 6 aromatic rings. The van der Waals surface area contributed by atoms with Crippen molar-refractivity contribution >= 4 is 72.5 Å². The average molecular weight is 664 g/mol. The van der Waals surface area contributed by atoms with Crippen LogP contribution in [0.4, 0.5) is 26.0 Å². The quantitative estimate of drug-likeness (QED) is 0.196. The van der Waals surface area contributed by atoms with Crippen molar-refractivity contribution in [1.29, 1.82) is 5.26 Å². The molecule has 3 aromatic heterocycles. The Bertz CT molecular complexity index is 2340. The molecule has 224 valence electrons. The minimum atomic E-state index is -4.41. The predicted octanol–water partition coefficient (Wildman–Crippen LogP) is 6.44. The molecule has 0 saturated heterocycles. The summed E-state index contributed by atoms with van der Waals surface area (Å²) in [7, 11) is -4.41. The Morgan fingerprint density at radius 2 is 1.78 bits per heavy atom. The van der Waals surface area contributed by atoms with Crippen molar-refractivity contribution in [3.8, 4) is 11.9 Å². The third-order valence-corrected chi connectivity index (χ3v) is 9.76. The molecule has 16 heteroatoms. The molecule has 3 aromatic carbocycles. The second-order valence-electron chi connectivity index (χ2n) is 10.2. The van der Waals surface area contributed by atoms with Crippen LogP contribution in [0.5, 0.6) is 0 Å². The predicted molar refractivity (Wildman–Crippen MR) is 163 cm³/mol. The van der Waals surface area contributed by atoms with Crippen LogP contribution in [0.3, 0.4) is 0 Å². The van der Waals surface area contributed by atoms with Gasteiger partial charge in [-0.15, -0.1) is 5.10 Å². The summed E-state index contributed by atoms with van der Waals surface area (Å²) in [6.07, 6.45) is 2.66. The zero-order valence-corrected chi connectivity index (χ0v) is 25.0. The monoisotopic (exact) mass is 663 g/mol. The van der Waals surface area contributed by atoms with E-state index in [0.717, 1.165) is 30.5 Å². The largest absolute Gasteiger partial charge is 0.333 e. The molecule has 1 aliphatic rings. The van der Waals surface area contributed by atoms with Crippen LogP contribution in [-0.4, -0.2) is 38.4 Å². The van der Waals surface area contributed by atoms with Crippen molar-refractivity contribution in [2.24, 2.45) is 0 Å². The number of sulfonamides is 1. The van der Waals surface area contributed by atoms with Gasteiger partial charge in [-0.1, -0.05) is 46.6 Å². The fraction of sp³-hybridized carbons (Fsp3) is 0.103. The van der Waals surface area contributed by atoms with E-state index in [1.165, 1.54) is 29.2 Å². The van der Waals surface area contributed by atoms with Gasteiger partial charge in [0.05, 0.1) is 38.3 Å². The standard InChI is InChI=1S/C29H17Cl2F2N9O2S/c30-16-4-2-6-21(23(16)31)45(43,44)40-18-8-7-17(32)26(24(18)33)38-28-27-19(35-14-36-28)9-10-22(37-27)42-20-5-1-3-15(25(20)39-41-42)29(13-34)11-12-29/h1-10,14,40H,11-12H2,(H,35,36,38). The molecular formula is C29H17Cl2F2N9O2S. The minimum absolute atomic E-state index is 0.0164. The number of nitrogens with one attached hydrogen (secondary N) is 2. The topological polar surface area (TPSA) is 151 Å². The van der Waals surface area contributed by atoms with Gasteiger partial charge in [0.15, 0.2) is 17.5 Å². The number of hydrogen-bond acceptors (Lipinski definition) is 9. The molecule has 2 N–H and O–H groups in total.